The van der Waals surface area contributed by atoms with E-state index >= 15 is 0 Å². The zero-order chi connectivity index (χ0) is 21.2. The van der Waals surface area contributed by atoms with Crippen LogP contribution in [0, 0.1) is 56.7 Å². The number of nitrogens with zero attached hydrogens (tertiary/aromatic N) is 3. The summed E-state index contributed by atoms with van der Waals surface area (Å²) in [5.74, 6) is -0.629. The van der Waals surface area contributed by atoms with E-state index in [-0.39, 0.29) is 17.7 Å². The van der Waals surface area contributed by atoms with Crippen LogP contribution < -0.4 is 14.8 Å². The Hall–Kier alpha value is -3.34. The number of nitrogens with one attached hydrogen (secondary N) is 2. The van der Waals surface area contributed by atoms with Crippen LogP contribution in [-0.4, -0.2) is 32.0 Å². The fraction of sp³-hybridized carbons (Fsp3) is 0.455. The molecule has 7 nitrogen and oxygen atoms in total. The van der Waals surface area contributed by atoms with Crippen LogP contribution in [0.25, 0.3) is 0 Å². The van der Waals surface area contributed by atoms with Crippen LogP contribution in [-0.2, 0) is 0 Å². The molecule has 1 heterocycles. The molecule has 7 heteroatoms. The Morgan fingerprint density at radius 3 is 2.52 bits per heavy atom. The summed E-state index contributed by atoms with van der Waals surface area (Å²) >= 11 is 0. The highest BCUT2D eigenvalue weighted by Crippen LogP contribution is 2.53. The molecule has 3 atom stereocenters. The largest absolute Gasteiger partial charge is 0.493 e. The molecule has 2 N–H and O–H groups in total. The summed E-state index contributed by atoms with van der Waals surface area (Å²) in [6, 6.07) is 11.7. The molecule has 1 saturated carbocycles. The molecule has 2 aliphatic rings. The average molecular weight is 389 g/mol. The average Bonchev–Trinajstić information content (AvgIpc) is 2.73. The predicted molar refractivity (Wildman–Crippen MR) is 106 cm³/mol. The lowest BCUT2D eigenvalue weighted by molar-refractivity contribution is 0.229. The molecule has 3 rings (SSSR count). The first-order valence-corrected chi connectivity index (χ1v) is 9.49. The highest BCUT2D eigenvalue weighted by Gasteiger charge is 2.57. The fourth-order valence-corrected chi connectivity index (χ4v) is 4.34. The van der Waals surface area contributed by atoms with E-state index in [1.54, 1.807) is 12.1 Å². The van der Waals surface area contributed by atoms with Crippen molar-refractivity contribution >= 4 is 5.71 Å². The molecular formula is C22H23N5O2. The van der Waals surface area contributed by atoms with Crippen molar-refractivity contribution in [1.82, 2.24) is 5.32 Å². The van der Waals surface area contributed by atoms with Crippen molar-refractivity contribution in [3.8, 4) is 29.7 Å². The van der Waals surface area contributed by atoms with Crippen LogP contribution in [0.3, 0.4) is 0 Å². The summed E-state index contributed by atoms with van der Waals surface area (Å²) in [6.45, 7) is 4.96. The molecule has 1 aromatic rings. The minimum Gasteiger partial charge on any atom is -0.493 e. The second-order valence-electron chi connectivity index (χ2n) is 7.53. The molecule has 0 aromatic heterocycles. The molecule has 1 aromatic carbocycles. The molecule has 148 valence electrons. The minimum absolute atomic E-state index is 0.0385. The highest BCUT2D eigenvalue weighted by atomic mass is 16.5. The van der Waals surface area contributed by atoms with Crippen molar-refractivity contribution in [2.24, 2.45) is 17.3 Å². The van der Waals surface area contributed by atoms with Crippen molar-refractivity contribution in [3.63, 3.8) is 0 Å². The van der Waals surface area contributed by atoms with Crippen LogP contribution >= 0.6 is 0 Å². The van der Waals surface area contributed by atoms with Crippen LogP contribution in [0.2, 0.25) is 0 Å². The third-order valence-electron chi connectivity index (χ3n) is 5.58. The van der Waals surface area contributed by atoms with Crippen LogP contribution in [0.1, 0.15) is 25.3 Å². The molecule has 1 fully saturated rings. The normalized spacial score (nSPS) is 25.1. The summed E-state index contributed by atoms with van der Waals surface area (Å²) in [7, 11) is 1.54. The molecular weight excluding hydrogens is 366 g/mol. The lowest BCUT2D eigenvalue weighted by Crippen LogP contribution is -2.52. The number of nitriles is 3. The second kappa shape index (κ2) is 7.95. The van der Waals surface area contributed by atoms with E-state index in [0.717, 1.165) is 5.57 Å². The number of hydrogen-bond donors (Lipinski definition) is 2. The maximum atomic E-state index is 10.0. The molecule has 1 aliphatic heterocycles. The van der Waals surface area contributed by atoms with Crippen molar-refractivity contribution in [1.29, 1.82) is 21.2 Å². The summed E-state index contributed by atoms with van der Waals surface area (Å²) in [5.41, 5.74) is -0.362. The van der Waals surface area contributed by atoms with Gasteiger partial charge in [0.15, 0.2) is 16.9 Å². The van der Waals surface area contributed by atoms with Gasteiger partial charge in [-0.15, -0.1) is 0 Å². The minimum atomic E-state index is -1.73. The quantitative estimate of drug-likeness (QED) is 0.763. The van der Waals surface area contributed by atoms with E-state index in [9.17, 15) is 15.8 Å². The van der Waals surface area contributed by atoms with Gasteiger partial charge in [0.05, 0.1) is 37.1 Å². The lowest BCUT2D eigenvalue weighted by atomic mass is 9.54. The van der Waals surface area contributed by atoms with Gasteiger partial charge in [-0.3, -0.25) is 0 Å². The van der Waals surface area contributed by atoms with Gasteiger partial charge in [0.25, 0.3) is 0 Å². The van der Waals surface area contributed by atoms with Gasteiger partial charge in [0.1, 0.15) is 5.92 Å². The van der Waals surface area contributed by atoms with Crippen LogP contribution in [0.15, 0.2) is 29.8 Å². The number of benzene rings is 1. The Labute approximate surface area is 170 Å². The van der Waals surface area contributed by atoms with Crippen LogP contribution in [0.5, 0.6) is 11.5 Å². The molecule has 1 aliphatic carbocycles. The Balaban J connectivity index is 2.20. The van der Waals surface area contributed by atoms with Crippen molar-refractivity contribution < 1.29 is 9.47 Å². The van der Waals surface area contributed by atoms with Gasteiger partial charge < -0.3 is 20.2 Å². The smallest absolute Gasteiger partial charge is 0.189 e. The summed E-state index contributed by atoms with van der Waals surface area (Å²) in [5, 5.41) is 41.6. The number of methoxy groups -OCH3 is 1. The zero-order valence-electron chi connectivity index (χ0n) is 16.7. The number of hydrogen-bond acceptors (Lipinski definition) is 7. The van der Waals surface area contributed by atoms with E-state index in [1.165, 1.54) is 7.11 Å². The first kappa shape index (κ1) is 20.4. The molecule has 0 saturated heterocycles. The molecule has 29 heavy (non-hydrogen) atoms. The molecule has 0 amide bonds. The van der Waals surface area contributed by atoms with E-state index in [2.05, 4.69) is 23.5 Å². The van der Waals surface area contributed by atoms with Gasteiger partial charge in [-0.05, 0) is 37.1 Å². The highest BCUT2D eigenvalue weighted by molar-refractivity contribution is 6.00. The second-order valence-corrected chi connectivity index (χ2v) is 7.53. The summed E-state index contributed by atoms with van der Waals surface area (Å²) in [6.07, 6.45) is 1.87. The van der Waals surface area contributed by atoms with Gasteiger partial charge in [-0.2, -0.15) is 15.8 Å². The first-order chi connectivity index (χ1) is 13.9. The monoisotopic (exact) mass is 389 g/mol. The van der Waals surface area contributed by atoms with Crippen LogP contribution in [0.4, 0.5) is 0 Å². The van der Waals surface area contributed by atoms with E-state index in [1.807, 2.05) is 26.0 Å². The molecule has 0 unspecified atom stereocenters. The molecule has 0 radical (unpaired) electrons. The maximum Gasteiger partial charge on any atom is 0.189 e. The Kier molecular flexibility index (Phi) is 5.59. The van der Waals surface area contributed by atoms with Gasteiger partial charge in [0.2, 0.25) is 0 Å². The fourth-order valence-electron chi connectivity index (χ4n) is 4.34. The number of rotatable bonds is 4. The van der Waals surface area contributed by atoms with Gasteiger partial charge in [-0.1, -0.05) is 12.1 Å². The zero-order valence-corrected chi connectivity index (χ0v) is 16.7. The Bertz CT molecular complexity index is 962. The number of ether oxygens (including phenoxy) is 2. The summed E-state index contributed by atoms with van der Waals surface area (Å²) < 4.78 is 11.3. The van der Waals surface area contributed by atoms with E-state index < -0.39 is 17.3 Å². The Morgan fingerprint density at radius 2 is 1.93 bits per heavy atom. The van der Waals surface area contributed by atoms with E-state index in [4.69, 9.17) is 14.9 Å². The molecule has 0 bridgehead atoms. The maximum absolute atomic E-state index is 10.0. The SMILES string of the molecule is COc1cc([C@@H]2[C@H]3CNCC=C3[C@H](C#N)C(=N)C2(C#N)C#N)ccc1OC(C)C. The van der Waals surface area contributed by atoms with E-state index in [0.29, 0.717) is 30.2 Å². The summed E-state index contributed by atoms with van der Waals surface area (Å²) in [4.78, 5) is 0. The van der Waals surface area contributed by atoms with Crippen molar-refractivity contribution in [3.05, 3.63) is 35.4 Å². The van der Waals surface area contributed by atoms with Crippen molar-refractivity contribution in [2.75, 3.05) is 20.2 Å². The van der Waals surface area contributed by atoms with Gasteiger partial charge in [-0.25, -0.2) is 0 Å². The topological polar surface area (TPSA) is 126 Å². The number of fused-ring (bicyclic) bond motifs is 1. The first-order valence-electron chi connectivity index (χ1n) is 9.49. The third kappa shape index (κ3) is 3.23. The Morgan fingerprint density at radius 1 is 1.21 bits per heavy atom. The van der Waals surface area contributed by atoms with Gasteiger partial charge >= 0.3 is 0 Å². The predicted octanol–water partition coefficient (Wildman–Crippen LogP) is 2.92. The third-order valence-corrected chi connectivity index (χ3v) is 5.58. The van der Waals surface area contributed by atoms with Gasteiger partial charge in [0, 0.05) is 24.9 Å². The molecule has 0 spiro atoms. The lowest BCUT2D eigenvalue weighted by Gasteiger charge is -2.45. The van der Waals surface area contributed by atoms with Crippen molar-refractivity contribution in [2.45, 2.75) is 25.9 Å². The standard InChI is InChI=1S/C22H23N5O2/c1-13(2)29-18-5-4-14(8-19(18)28-3)20-17-10-27-7-6-15(17)16(9-23)21(26)22(20,11-24)12-25/h4-6,8,13,16-17,20,26-27H,7,10H2,1-3H3/t16-,17-,20+/m0/s1.